The number of nitrogens with zero attached hydrogens (tertiary/aromatic N) is 2. The molecule has 2 aromatic rings. The van der Waals surface area contributed by atoms with Gasteiger partial charge >= 0.3 is 0 Å². The van der Waals surface area contributed by atoms with E-state index < -0.39 is 6.10 Å². The Balaban J connectivity index is 1.39. The van der Waals surface area contributed by atoms with Crippen molar-refractivity contribution in [1.82, 2.24) is 9.80 Å². The number of thiophene rings is 1. The Hall–Kier alpha value is -1.89. The Labute approximate surface area is 165 Å². The van der Waals surface area contributed by atoms with Gasteiger partial charge in [0.2, 0.25) is 0 Å². The third-order valence-electron chi connectivity index (χ3n) is 4.85. The summed E-state index contributed by atoms with van der Waals surface area (Å²) in [5.74, 6) is 0.903. The number of hydrogen-bond donors (Lipinski definition) is 1. The highest BCUT2D eigenvalue weighted by molar-refractivity contribution is 7.13. The van der Waals surface area contributed by atoms with Crippen LogP contribution in [0.1, 0.15) is 27.0 Å². The van der Waals surface area contributed by atoms with Crippen molar-refractivity contribution >= 4 is 17.2 Å². The van der Waals surface area contributed by atoms with E-state index in [4.69, 9.17) is 4.74 Å². The number of hydrogen-bond acceptors (Lipinski definition) is 5. The molecular weight excluding hydrogens is 360 g/mol. The molecule has 1 unspecified atom stereocenters. The summed E-state index contributed by atoms with van der Waals surface area (Å²) in [4.78, 5) is 18.6. The number of carbonyl (C=O) groups is 1. The molecule has 0 bridgehead atoms. The fourth-order valence-corrected chi connectivity index (χ4v) is 4.04. The molecule has 1 N–H and O–H groups in total. The minimum absolute atomic E-state index is 0.118. The van der Waals surface area contributed by atoms with E-state index in [0.717, 1.165) is 35.0 Å². The molecule has 0 spiro atoms. The van der Waals surface area contributed by atoms with Gasteiger partial charge in [-0.1, -0.05) is 19.1 Å². The number of β-amino-alcohol motifs (C(OH)–C–C–N with tert-alkyl or cyclic N) is 1. The second-order valence-electron chi connectivity index (χ2n) is 6.97. The maximum absolute atomic E-state index is 12.5. The number of rotatable bonds is 7. The van der Waals surface area contributed by atoms with Gasteiger partial charge in [-0.2, -0.15) is 0 Å². The standard InChI is InChI=1S/C21H28N2O3S/c1-3-17-5-7-19(8-6-17)26-15-18(24)14-22-10-12-23(13-11-22)21(25)20-9-4-16(2)27-20/h4-9,18,24H,3,10-15H2,1-2H3. The molecule has 3 rings (SSSR count). The molecule has 6 heteroatoms. The summed E-state index contributed by atoms with van der Waals surface area (Å²) in [6.45, 7) is 7.92. The summed E-state index contributed by atoms with van der Waals surface area (Å²) >= 11 is 1.55. The van der Waals surface area contributed by atoms with Gasteiger partial charge in [0.25, 0.3) is 5.91 Å². The summed E-state index contributed by atoms with van der Waals surface area (Å²) in [6, 6.07) is 11.9. The number of benzene rings is 1. The van der Waals surface area contributed by atoms with E-state index >= 15 is 0 Å². The van der Waals surface area contributed by atoms with Gasteiger partial charge in [-0.05, 0) is 43.2 Å². The normalized spacial score (nSPS) is 16.3. The molecule has 27 heavy (non-hydrogen) atoms. The van der Waals surface area contributed by atoms with E-state index in [2.05, 4.69) is 11.8 Å². The zero-order valence-electron chi connectivity index (χ0n) is 16.1. The largest absolute Gasteiger partial charge is 0.491 e. The Morgan fingerprint density at radius 1 is 1.15 bits per heavy atom. The molecule has 1 aliphatic rings. The van der Waals surface area contributed by atoms with Crippen molar-refractivity contribution < 1.29 is 14.6 Å². The quantitative estimate of drug-likeness (QED) is 0.793. The second-order valence-corrected chi connectivity index (χ2v) is 8.25. The van der Waals surface area contributed by atoms with Crippen molar-refractivity contribution in [2.24, 2.45) is 0 Å². The van der Waals surface area contributed by atoms with Crippen LogP contribution >= 0.6 is 11.3 Å². The fourth-order valence-electron chi connectivity index (χ4n) is 3.20. The van der Waals surface area contributed by atoms with E-state index in [1.54, 1.807) is 11.3 Å². The summed E-state index contributed by atoms with van der Waals surface area (Å²) < 4.78 is 5.69. The monoisotopic (exact) mass is 388 g/mol. The Bertz CT molecular complexity index is 736. The van der Waals surface area contributed by atoms with Crippen LogP contribution < -0.4 is 4.74 Å². The second kappa shape index (κ2) is 9.35. The highest BCUT2D eigenvalue weighted by atomic mass is 32.1. The lowest BCUT2D eigenvalue weighted by Crippen LogP contribution is -2.50. The highest BCUT2D eigenvalue weighted by Gasteiger charge is 2.24. The number of carbonyl (C=O) groups excluding carboxylic acids is 1. The molecule has 2 heterocycles. The van der Waals surface area contributed by atoms with Crippen LogP contribution in [0, 0.1) is 6.92 Å². The Morgan fingerprint density at radius 2 is 1.85 bits per heavy atom. The van der Waals surface area contributed by atoms with E-state index in [-0.39, 0.29) is 12.5 Å². The van der Waals surface area contributed by atoms with Gasteiger partial charge in [0, 0.05) is 37.6 Å². The first-order chi connectivity index (χ1) is 13.0. The minimum Gasteiger partial charge on any atom is -0.491 e. The van der Waals surface area contributed by atoms with Gasteiger partial charge in [-0.3, -0.25) is 9.69 Å². The van der Waals surface area contributed by atoms with E-state index in [0.29, 0.717) is 19.6 Å². The average molecular weight is 389 g/mol. The van der Waals surface area contributed by atoms with Crippen LogP contribution in [-0.4, -0.2) is 66.2 Å². The smallest absolute Gasteiger partial charge is 0.264 e. The molecule has 0 saturated carbocycles. The maximum Gasteiger partial charge on any atom is 0.264 e. The zero-order chi connectivity index (χ0) is 19.2. The predicted octanol–water partition coefficient (Wildman–Crippen LogP) is 2.82. The number of ether oxygens (including phenoxy) is 1. The van der Waals surface area contributed by atoms with Crippen LogP contribution in [0.4, 0.5) is 0 Å². The number of piperazine rings is 1. The molecule has 0 aliphatic carbocycles. The molecule has 1 aliphatic heterocycles. The van der Waals surface area contributed by atoms with Crippen molar-refractivity contribution in [3.05, 3.63) is 51.7 Å². The molecule has 0 radical (unpaired) electrons. The summed E-state index contributed by atoms with van der Waals surface area (Å²) in [7, 11) is 0. The molecule has 1 saturated heterocycles. The van der Waals surface area contributed by atoms with Gasteiger partial charge in [0.15, 0.2) is 0 Å². The van der Waals surface area contributed by atoms with Gasteiger partial charge in [-0.25, -0.2) is 0 Å². The summed E-state index contributed by atoms with van der Waals surface area (Å²) in [5.41, 5.74) is 1.27. The van der Waals surface area contributed by atoms with Crippen LogP contribution in [0.25, 0.3) is 0 Å². The van der Waals surface area contributed by atoms with Gasteiger partial charge in [-0.15, -0.1) is 11.3 Å². The van der Waals surface area contributed by atoms with E-state index in [1.807, 2.05) is 48.2 Å². The number of amides is 1. The van der Waals surface area contributed by atoms with Crippen molar-refractivity contribution in [1.29, 1.82) is 0 Å². The lowest BCUT2D eigenvalue weighted by atomic mass is 10.2. The lowest BCUT2D eigenvalue weighted by Gasteiger charge is -2.35. The fraction of sp³-hybridized carbons (Fsp3) is 0.476. The predicted molar refractivity (Wildman–Crippen MR) is 109 cm³/mol. The summed E-state index contributed by atoms with van der Waals surface area (Å²) in [6.07, 6.45) is 0.460. The van der Waals surface area contributed by atoms with Crippen LogP contribution in [0.3, 0.4) is 0 Å². The first-order valence-electron chi connectivity index (χ1n) is 9.53. The van der Waals surface area contributed by atoms with Crippen molar-refractivity contribution in [2.45, 2.75) is 26.4 Å². The number of aliphatic hydroxyl groups is 1. The first kappa shape index (κ1) is 19.9. The van der Waals surface area contributed by atoms with Crippen molar-refractivity contribution in [3.63, 3.8) is 0 Å². The maximum atomic E-state index is 12.5. The van der Waals surface area contributed by atoms with Gasteiger partial charge < -0.3 is 14.7 Å². The van der Waals surface area contributed by atoms with Crippen molar-refractivity contribution in [2.75, 3.05) is 39.3 Å². The molecule has 1 aromatic carbocycles. The van der Waals surface area contributed by atoms with Crippen LogP contribution in [0.2, 0.25) is 0 Å². The van der Waals surface area contributed by atoms with Gasteiger partial charge in [0.05, 0.1) is 4.88 Å². The number of aryl methyl sites for hydroxylation is 2. The zero-order valence-corrected chi connectivity index (χ0v) is 16.9. The third kappa shape index (κ3) is 5.54. The van der Waals surface area contributed by atoms with Crippen LogP contribution in [0.15, 0.2) is 36.4 Å². The summed E-state index contributed by atoms with van der Waals surface area (Å²) in [5, 5.41) is 10.3. The van der Waals surface area contributed by atoms with E-state index in [9.17, 15) is 9.90 Å². The Kier molecular flexibility index (Phi) is 6.88. The molecular formula is C21H28N2O3S. The van der Waals surface area contributed by atoms with Crippen LogP contribution in [0.5, 0.6) is 5.75 Å². The minimum atomic E-state index is -0.543. The number of aliphatic hydroxyl groups excluding tert-OH is 1. The Morgan fingerprint density at radius 3 is 2.44 bits per heavy atom. The molecule has 1 amide bonds. The van der Waals surface area contributed by atoms with E-state index in [1.165, 1.54) is 5.56 Å². The lowest BCUT2D eigenvalue weighted by molar-refractivity contribution is 0.0406. The highest BCUT2D eigenvalue weighted by Crippen LogP contribution is 2.18. The first-order valence-corrected chi connectivity index (χ1v) is 10.3. The third-order valence-corrected chi connectivity index (χ3v) is 5.84. The molecule has 1 fully saturated rings. The van der Waals surface area contributed by atoms with Crippen molar-refractivity contribution in [3.8, 4) is 5.75 Å². The van der Waals surface area contributed by atoms with Gasteiger partial charge in [0.1, 0.15) is 18.5 Å². The topological polar surface area (TPSA) is 53.0 Å². The molecule has 1 aromatic heterocycles. The van der Waals surface area contributed by atoms with Crippen LogP contribution in [-0.2, 0) is 6.42 Å². The molecule has 146 valence electrons. The SMILES string of the molecule is CCc1ccc(OCC(O)CN2CCN(C(=O)c3ccc(C)s3)CC2)cc1. The molecule has 5 nitrogen and oxygen atoms in total. The molecule has 1 atom stereocenters. The average Bonchev–Trinajstić information content (AvgIpc) is 3.13.